The van der Waals surface area contributed by atoms with Crippen LogP contribution in [0.5, 0.6) is 0 Å². The Kier molecular flexibility index (Phi) is 5.15. The Hall–Kier alpha value is -2.92. The first kappa shape index (κ1) is 18.9. The first-order valence-corrected chi connectivity index (χ1v) is 9.07. The van der Waals surface area contributed by atoms with Crippen molar-refractivity contribution in [3.63, 3.8) is 0 Å². The second-order valence-corrected chi connectivity index (χ2v) is 7.02. The average molecular weight is 377 g/mol. The van der Waals surface area contributed by atoms with E-state index >= 15 is 0 Å². The van der Waals surface area contributed by atoms with Crippen molar-refractivity contribution in [3.8, 4) is 0 Å². The number of aryl methyl sites for hydroxylation is 1. The summed E-state index contributed by atoms with van der Waals surface area (Å²) in [6.45, 7) is 12.1. The second kappa shape index (κ2) is 7.37. The van der Waals surface area contributed by atoms with Crippen LogP contribution in [0.25, 0.3) is 16.6 Å². The molecular weight excluding hydrogens is 352 g/mol. The molecule has 0 aliphatic carbocycles. The topological polar surface area (TPSA) is 46.5 Å². The maximum atomic E-state index is 5.92. The molecule has 0 atom stereocenters. The highest BCUT2D eigenvalue weighted by molar-refractivity contribution is 7.84. The molecule has 2 N–H and O–H groups in total. The molecule has 1 aromatic heterocycles. The summed E-state index contributed by atoms with van der Waals surface area (Å²) in [5, 5.41) is 1.66. The number of nitrogens with zero attached hydrogens (tertiary/aromatic N) is 3. The molecule has 0 bridgehead atoms. The lowest BCUT2D eigenvalue weighted by molar-refractivity contribution is 1.15. The molecule has 0 aliphatic rings. The van der Waals surface area contributed by atoms with E-state index in [2.05, 4.69) is 47.5 Å². The van der Waals surface area contributed by atoms with E-state index < -0.39 is 0 Å². The molecule has 0 spiro atoms. The summed E-state index contributed by atoms with van der Waals surface area (Å²) in [7, 11) is 1.77. The lowest BCUT2D eigenvalue weighted by Crippen LogP contribution is -2.29. The number of rotatable bonds is 4. The minimum absolute atomic E-state index is 0.586. The molecular formula is C22H24N4S. The Morgan fingerprint density at radius 2 is 1.93 bits per heavy atom. The van der Waals surface area contributed by atoms with Gasteiger partial charge in [-0.05, 0) is 55.8 Å². The Morgan fingerprint density at radius 1 is 1.19 bits per heavy atom. The Bertz CT molecular complexity index is 1080. The number of aromatic nitrogens is 1. The number of aliphatic imine (C=N–C) groups is 1. The minimum atomic E-state index is 0.586. The van der Waals surface area contributed by atoms with Crippen molar-refractivity contribution in [3.05, 3.63) is 78.0 Å². The smallest absolute Gasteiger partial charge is 0.140 e. The number of hydrogen-bond donors (Lipinski definition) is 2. The van der Waals surface area contributed by atoms with Crippen LogP contribution in [0, 0.1) is 6.92 Å². The zero-order valence-corrected chi connectivity index (χ0v) is 16.8. The molecule has 138 valence electrons. The van der Waals surface area contributed by atoms with Crippen molar-refractivity contribution in [2.24, 2.45) is 4.99 Å². The summed E-state index contributed by atoms with van der Waals surface area (Å²) in [6.07, 6.45) is 2.02. The van der Waals surface area contributed by atoms with Gasteiger partial charge < -0.3 is 10.3 Å². The highest BCUT2D eigenvalue weighted by Gasteiger charge is 2.21. The van der Waals surface area contributed by atoms with E-state index in [1.165, 1.54) is 0 Å². The molecule has 0 radical (unpaired) electrons. The van der Waals surface area contributed by atoms with E-state index in [9.17, 15) is 0 Å². The molecule has 3 aromatic rings. The van der Waals surface area contributed by atoms with Gasteiger partial charge in [-0.15, -0.1) is 12.6 Å². The first-order chi connectivity index (χ1) is 12.8. The van der Waals surface area contributed by atoms with Crippen LogP contribution in [0.3, 0.4) is 0 Å². The van der Waals surface area contributed by atoms with Gasteiger partial charge >= 0.3 is 0 Å². The van der Waals surface area contributed by atoms with Crippen LogP contribution in [0.4, 0.5) is 11.4 Å². The van der Waals surface area contributed by atoms with Crippen LogP contribution in [0.15, 0.2) is 71.8 Å². The van der Waals surface area contributed by atoms with Gasteiger partial charge in [0.15, 0.2) is 0 Å². The van der Waals surface area contributed by atoms with E-state index in [1.807, 2.05) is 55.3 Å². The molecule has 2 aromatic carbocycles. The molecule has 5 heteroatoms. The summed E-state index contributed by atoms with van der Waals surface area (Å²) >= 11 is 4.58. The van der Waals surface area contributed by atoms with Gasteiger partial charge in [0.2, 0.25) is 0 Å². The number of thiol groups is 1. The summed E-state index contributed by atoms with van der Waals surface area (Å²) < 4.78 is 2.07. The summed E-state index contributed by atoms with van der Waals surface area (Å²) in [6, 6.07) is 14.0. The number of nitrogen functional groups attached to an aromatic ring is 1. The molecule has 0 fully saturated rings. The monoisotopic (exact) mass is 376 g/mol. The normalized spacial score (nSPS) is 11.6. The summed E-state index contributed by atoms with van der Waals surface area (Å²) in [4.78, 5) is 6.53. The third-order valence-corrected chi connectivity index (χ3v) is 4.74. The number of amidine groups is 1. The fourth-order valence-corrected chi connectivity index (χ4v) is 3.54. The quantitative estimate of drug-likeness (QED) is 0.281. The van der Waals surface area contributed by atoms with Gasteiger partial charge in [-0.1, -0.05) is 19.2 Å². The zero-order valence-electron chi connectivity index (χ0n) is 15.9. The molecule has 0 saturated carbocycles. The van der Waals surface area contributed by atoms with Crippen molar-refractivity contribution < 1.29 is 0 Å². The first-order valence-electron chi connectivity index (χ1n) is 8.62. The van der Waals surface area contributed by atoms with Crippen LogP contribution in [-0.2, 0) is 0 Å². The maximum Gasteiger partial charge on any atom is 0.140 e. The highest BCUT2D eigenvalue weighted by atomic mass is 32.1. The number of allylic oxidation sites excluding steroid dienone is 1. The van der Waals surface area contributed by atoms with Gasteiger partial charge in [0.05, 0.1) is 16.2 Å². The van der Waals surface area contributed by atoms with Crippen molar-refractivity contribution >= 4 is 46.4 Å². The second-order valence-electron chi connectivity index (χ2n) is 6.50. The minimum Gasteiger partial charge on any atom is -0.399 e. The Balaban J connectivity index is 2.23. The SMILES string of the molecule is C=C(S)N(C(=NC)c1ccc(N)cc1C)c1cccc2c1ccn2C(=C)C. The van der Waals surface area contributed by atoms with Crippen LogP contribution in [0.2, 0.25) is 0 Å². The standard InChI is InChI=1S/C22H24N4S/c1-14(2)25-12-11-19-20(25)7-6-8-21(19)26(16(4)27)22(24-5)18-10-9-17(23)13-15(18)3/h6-13,27H,1,4,23H2,2-3,5H3. The van der Waals surface area contributed by atoms with Crippen LogP contribution >= 0.6 is 12.6 Å². The molecule has 1 heterocycles. The van der Waals surface area contributed by atoms with Crippen molar-refractivity contribution in [2.45, 2.75) is 13.8 Å². The van der Waals surface area contributed by atoms with E-state index in [0.717, 1.165) is 44.9 Å². The zero-order chi connectivity index (χ0) is 19.7. The van der Waals surface area contributed by atoms with Gasteiger partial charge in [-0.2, -0.15) is 0 Å². The number of fused-ring (bicyclic) bond motifs is 1. The van der Waals surface area contributed by atoms with Gasteiger partial charge in [-0.3, -0.25) is 9.89 Å². The molecule has 4 nitrogen and oxygen atoms in total. The van der Waals surface area contributed by atoms with Gasteiger partial charge in [0.1, 0.15) is 5.84 Å². The molecule has 3 rings (SSSR count). The fraction of sp³-hybridized carbons (Fsp3) is 0.136. The molecule has 0 saturated heterocycles. The van der Waals surface area contributed by atoms with E-state index in [1.54, 1.807) is 7.05 Å². The number of nitrogens with two attached hydrogens (primary N) is 1. The van der Waals surface area contributed by atoms with E-state index in [0.29, 0.717) is 5.03 Å². The largest absolute Gasteiger partial charge is 0.399 e. The number of hydrogen-bond acceptors (Lipinski definition) is 3. The Morgan fingerprint density at radius 3 is 2.52 bits per heavy atom. The van der Waals surface area contributed by atoms with Crippen LogP contribution in [0.1, 0.15) is 18.1 Å². The molecule has 0 amide bonds. The van der Waals surface area contributed by atoms with Crippen molar-refractivity contribution in [2.75, 3.05) is 17.7 Å². The Labute approximate surface area is 165 Å². The van der Waals surface area contributed by atoms with Crippen molar-refractivity contribution in [1.29, 1.82) is 0 Å². The van der Waals surface area contributed by atoms with Crippen LogP contribution in [-0.4, -0.2) is 17.5 Å². The highest BCUT2D eigenvalue weighted by Crippen LogP contribution is 2.33. The van der Waals surface area contributed by atoms with Gasteiger partial charge in [0.25, 0.3) is 0 Å². The molecule has 27 heavy (non-hydrogen) atoms. The number of benzene rings is 2. The third kappa shape index (κ3) is 3.38. The predicted molar refractivity (Wildman–Crippen MR) is 122 cm³/mol. The van der Waals surface area contributed by atoms with E-state index in [-0.39, 0.29) is 0 Å². The number of anilines is 2. The van der Waals surface area contributed by atoms with E-state index in [4.69, 9.17) is 5.73 Å². The maximum absolute atomic E-state index is 5.92. The van der Waals surface area contributed by atoms with Crippen LogP contribution < -0.4 is 10.6 Å². The summed E-state index contributed by atoms with van der Waals surface area (Å²) in [5.41, 5.74) is 11.7. The van der Waals surface area contributed by atoms with Crippen molar-refractivity contribution in [1.82, 2.24) is 4.57 Å². The summed E-state index contributed by atoms with van der Waals surface area (Å²) in [5.74, 6) is 0.767. The lowest BCUT2D eigenvalue weighted by atomic mass is 10.1. The van der Waals surface area contributed by atoms with Gasteiger partial charge in [0, 0.05) is 35.6 Å². The molecule has 0 aliphatic heterocycles. The molecule has 0 unspecified atom stereocenters. The fourth-order valence-electron chi connectivity index (χ4n) is 3.33. The third-order valence-electron chi connectivity index (χ3n) is 4.54. The lowest BCUT2D eigenvalue weighted by Gasteiger charge is -2.27. The van der Waals surface area contributed by atoms with Gasteiger partial charge in [-0.25, -0.2) is 0 Å². The predicted octanol–water partition coefficient (Wildman–Crippen LogP) is 5.31. The average Bonchev–Trinajstić information content (AvgIpc) is 3.04.